The molecule has 1 aromatic heterocycles. The molecule has 0 saturated heterocycles. The Morgan fingerprint density at radius 2 is 1.86 bits per heavy atom. The van der Waals surface area contributed by atoms with Gasteiger partial charge in [0.15, 0.2) is 0 Å². The van der Waals surface area contributed by atoms with E-state index >= 15 is 0 Å². The van der Waals surface area contributed by atoms with Gasteiger partial charge in [0.2, 0.25) is 0 Å². The van der Waals surface area contributed by atoms with Crippen LogP contribution in [0.5, 0.6) is 0 Å². The van der Waals surface area contributed by atoms with Crippen LogP contribution in [0.25, 0.3) is 0 Å². The lowest BCUT2D eigenvalue weighted by atomic mass is 9.68. The molecule has 1 aromatic rings. The molecule has 1 unspecified atom stereocenters. The van der Waals surface area contributed by atoms with Gasteiger partial charge in [0, 0.05) is 13.2 Å². The Balaban J connectivity index is 2.33. The smallest absolute Gasteiger partial charge is 0.126 e. The molecule has 1 atom stereocenters. The number of rotatable bonds is 4. The summed E-state index contributed by atoms with van der Waals surface area (Å²) in [5.74, 6) is 0. The van der Waals surface area contributed by atoms with Gasteiger partial charge in [-0.05, 0) is 60.9 Å². The molecule has 4 nitrogen and oxygen atoms in total. The van der Waals surface area contributed by atoms with Gasteiger partial charge in [0.1, 0.15) is 6.10 Å². The van der Waals surface area contributed by atoms with E-state index < -0.39 is 11.7 Å². The molecule has 120 valence electrons. The zero-order chi connectivity index (χ0) is 15.8. The van der Waals surface area contributed by atoms with Gasteiger partial charge in [-0.2, -0.15) is 5.10 Å². The maximum absolute atomic E-state index is 11.0. The zero-order valence-corrected chi connectivity index (χ0v) is 15.3. The molecule has 0 aliphatic heterocycles. The van der Waals surface area contributed by atoms with Crippen LogP contribution in [0.2, 0.25) is 0 Å². The molecule has 0 radical (unpaired) electrons. The fraction of sp³-hybridized carbons (Fsp3) is 0.812. The summed E-state index contributed by atoms with van der Waals surface area (Å²) in [6.45, 7) is 8.71. The minimum absolute atomic E-state index is 0.204. The molecule has 0 spiro atoms. The van der Waals surface area contributed by atoms with E-state index in [1.165, 1.54) is 0 Å². The molecular weight excluding hydrogens is 332 g/mol. The Kier molecular flexibility index (Phi) is 4.86. The Morgan fingerprint density at radius 1 is 1.29 bits per heavy atom. The molecular formula is C16H27BrN2O2. The number of aromatic nitrogens is 2. The van der Waals surface area contributed by atoms with Crippen LogP contribution in [0.15, 0.2) is 10.7 Å². The standard InChI is InChI=1S/C16H27BrN2O2/c1-11(2)19-13(12(17)10-18-19)14(20)16(21-5)8-6-15(3,4)7-9-16/h10-11,14,20H,6-9H2,1-5H3. The van der Waals surface area contributed by atoms with Gasteiger partial charge in [0.25, 0.3) is 0 Å². The third-order valence-corrected chi connectivity index (χ3v) is 5.50. The molecule has 1 saturated carbocycles. The second-order valence-electron chi connectivity index (χ2n) is 7.25. The van der Waals surface area contributed by atoms with E-state index in [1.54, 1.807) is 13.3 Å². The van der Waals surface area contributed by atoms with Gasteiger partial charge in [-0.1, -0.05) is 13.8 Å². The van der Waals surface area contributed by atoms with Crippen molar-refractivity contribution in [3.8, 4) is 0 Å². The second kappa shape index (κ2) is 6.01. The van der Waals surface area contributed by atoms with E-state index in [-0.39, 0.29) is 6.04 Å². The molecule has 0 amide bonds. The fourth-order valence-electron chi connectivity index (χ4n) is 3.21. The molecule has 1 fully saturated rings. The van der Waals surface area contributed by atoms with Gasteiger partial charge >= 0.3 is 0 Å². The first-order valence-electron chi connectivity index (χ1n) is 7.68. The van der Waals surface area contributed by atoms with Crippen LogP contribution < -0.4 is 0 Å². The number of nitrogens with zero attached hydrogens (tertiary/aromatic N) is 2. The van der Waals surface area contributed by atoms with Crippen LogP contribution in [0.1, 0.15) is 71.2 Å². The highest BCUT2D eigenvalue weighted by Crippen LogP contribution is 2.48. The molecule has 1 N–H and O–H groups in total. The summed E-state index contributed by atoms with van der Waals surface area (Å²) in [6.07, 6.45) is 4.95. The van der Waals surface area contributed by atoms with Crippen molar-refractivity contribution in [2.24, 2.45) is 5.41 Å². The Bertz CT molecular complexity index is 486. The summed E-state index contributed by atoms with van der Waals surface area (Å²) in [5, 5.41) is 15.4. The topological polar surface area (TPSA) is 47.3 Å². The van der Waals surface area contributed by atoms with E-state index in [9.17, 15) is 5.11 Å². The van der Waals surface area contributed by atoms with Crippen molar-refractivity contribution < 1.29 is 9.84 Å². The van der Waals surface area contributed by atoms with Gasteiger partial charge in [-0.15, -0.1) is 0 Å². The van der Waals surface area contributed by atoms with E-state index in [1.807, 2.05) is 4.68 Å². The minimum Gasteiger partial charge on any atom is -0.384 e. The largest absolute Gasteiger partial charge is 0.384 e. The molecule has 1 aliphatic carbocycles. The van der Waals surface area contributed by atoms with Crippen molar-refractivity contribution >= 4 is 15.9 Å². The number of hydrogen-bond acceptors (Lipinski definition) is 3. The third-order valence-electron chi connectivity index (χ3n) is 4.89. The minimum atomic E-state index is -0.669. The maximum Gasteiger partial charge on any atom is 0.126 e. The molecule has 5 heteroatoms. The van der Waals surface area contributed by atoms with Gasteiger partial charge in [0.05, 0.1) is 22.0 Å². The maximum atomic E-state index is 11.0. The Hall–Kier alpha value is -0.390. The Morgan fingerprint density at radius 3 is 2.33 bits per heavy atom. The summed E-state index contributed by atoms with van der Waals surface area (Å²) in [6, 6.07) is 0.204. The first-order valence-corrected chi connectivity index (χ1v) is 8.48. The van der Waals surface area contributed by atoms with Crippen molar-refractivity contribution in [3.05, 3.63) is 16.4 Å². The van der Waals surface area contributed by atoms with Crippen molar-refractivity contribution in [1.82, 2.24) is 9.78 Å². The SMILES string of the molecule is COC1(C(O)c2c(Br)cnn2C(C)C)CCC(C)(C)CC1. The number of ether oxygens (including phenoxy) is 1. The highest BCUT2D eigenvalue weighted by Gasteiger charge is 2.46. The van der Waals surface area contributed by atoms with Crippen molar-refractivity contribution in [2.75, 3.05) is 7.11 Å². The van der Waals surface area contributed by atoms with Crippen molar-refractivity contribution in [2.45, 2.75) is 71.1 Å². The van der Waals surface area contributed by atoms with E-state index in [0.29, 0.717) is 5.41 Å². The van der Waals surface area contributed by atoms with Gasteiger partial charge in [-0.3, -0.25) is 4.68 Å². The van der Waals surface area contributed by atoms with Crippen LogP contribution in [0.3, 0.4) is 0 Å². The molecule has 0 aromatic carbocycles. The number of halogens is 1. The monoisotopic (exact) mass is 358 g/mol. The van der Waals surface area contributed by atoms with Crippen LogP contribution in [-0.2, 0) is 4.74 Å². The third kappa shape index (κ3) is 3.20. The molecule has 2 rings (SSSR count). The van der Waals surface area contributed by atoms with E-state index in [0.717, 1.165) is 35.8 Å². The van der Waals surface area contributed by atoms with Crippen LogP contribution in [-0.4, -0.2) is 27.6 Å². The number of aliphatic hydroxyl groups excluding tert-OH is 1. The molecule has 21 heavy (non-hydrogen) atoms. The Labute approximate surface area is 136 Å². The summed E-state index contributed by atoms with van der Waals surface area (Å²) in [7, 11) is 1.71. The number of methoxy groups -OCH3 is 1. The first kappa shape index (κ1) is 17.0. The van der Waals surface area contributed by atoms with Crippen LogP contribution >= 0.6 is 15.9 Å². The normalized spacial score (nSPS) is 22.5. The predicted molar refractivity (Wildman–Crippen MR) is 87.3 cm³/mol. The average molecular weight is 359 g/mol. The lowest BCUT2D eigenvalue weighted by Crippen LogP contribution is -2.44. The predicted octanol–water partition coefficient (Wildman–Crippen LogP) is 4.25. The molecule has 1 heterocycles. The van der Waals surface area contributed by atoms with Crippen LogP contribution in [0.4, 0.5) is 0 Å². The van der Waals surface area contributed by atoms with Gasteiger partial charge < -0.3 is 9.84 Å². The molecule has 1 aliphatic rings. The second-order valence-corrected chi connectivity index (χ2v) is 8.11. The number of hydrogen-bond donors (Lipinski definition) is 1. The highest BCUT2D eigenvalue weighted by molar-refractivity contribution is 9.10. The fourth-order valence-corrected chi connectivity index (χ4v) is 3.70. The van der Waals surface area contributed by atoms with E-state index in [2.05, 4.69) is 48.7 Å². The lowest BCUT2D eigenvalue weighted by molar-refractivity contribution is -0.141. The summed E-state index contributed by atoms with van der Waals surface area (Å²) in [4.78, 5) is 0. The zero-order valence-electron chi connectivity index (χ0n) is 13.7. The lowest BCUT2D eigenvalue weighted by Gasteiger charge is -2.45. The van der Waals surface area contributed by atoms with E-state index in [4.69, 9.17) is 4.74 Å². The summed E-state index contributed by atoms with van der Waals surface area (Å²) < 4.78 is 8.57. The van der Waals surface area contributed by atoms with Gasteiger partial charge in [-0.25, -0.2) is 0 Å². The first-order chi connectivity index (χ1) is 9.72. The summed E-state index contributed by atoms with van der Waals surface area (Å²) >= 11 is 3.53. The van der Waals surface area contributed by atoms with Crippen molar-refractivity contribution in [1.29, 1.82) is 0 Å². The number of aliphatic hydroxyl groups is 1. The van der Waals surface area contributed by atoms with Crippen molar-refractivity contribution in [3.63, 3.8) is 0 Å². The van der Waals surface area contributed by atoms with Crippen LogP contribution in [0, 0.1) is 5.41 Å². The highest BCUT2D eigenvalue weighted by atomic mass is 79.9. The molecule has 0 bridgehead atoms. The average Bonchev–Trinajstić information content (AvgIpc) is 2.81. The summed E-state index contributed by atoms with van der Waals surface area (Å²) in [5.41, 5.74) is 0.647. The quantitative estimate of drug-likeness (QED) is 0.875.